The third kappa shape index (κ3) is 3.87. The highest BCUT2D eigenvalue weighted by molar-refractivity contribution is 5.77. The van der Waals surface area contributed by atoms with Gasteiger partial charge < -0.3 is 20.1 Å². The number of hydrogen-bond acceptors (Lipinski definition) is 4. The minimum atomic E-state index is -0.136. The molecule has 1 aliphatic rings. The van der Waals surface area contributed by atoms with E-state index < -0.39 is 0 Å². The Labute approximate surface area is 111 Å². The van der Waals surface area contributed by atoms with Crippen LogP contribution in [0.25, 0.3) is 0 Å². The van der Waals surface area contributed by atoms with Crippen LogP contribution in [0.5, 0.6) is 11.5 Å². The average molecular weight is 264 g/mol. The fourth-order valence-corrected chi connectivity index (χ4v) is 1.69. The number of ether oxygens (including phenoxy) is 2. The van der Waals surface area contributed by atoms with Crippen LogP contribution in [0, 0.1) is 0 Å². The Morgan fingerprint density at radius 1 is 1.21 bits per heavy atom. The summed E-state index contributed by atoms with van der Waals surface area (Å²) in [5.41, 5.74) is 0.942. The van der Waals surface area contributed by atoms with Gasteiger partial charge in [0, 0.05) is 26.4 Å². The molecular weight excluding hydrogens is 248 g/mol. The molecule has 0 atom stereocenters. The van der Waals surface area contributed by atoms with Gasteiger partial charge in [0.1, 0.15) is 0 Å². The first-order valence-electron chi connectivity index (χ1n) is 6.05. The van der Waals surface area contributed by atoms with Gasteiger partial charge >= 0.3 is 0 Å². The molecule has 0 saturated carbocycles. The van der Waals surface area contributed by atoms with Gasteiger partial charge in [-0.15, -0.1) is 0 Å². The van der Waals surface area contributed by atoms with Crippen LogP contribution in [-0.4, -0.2) is 25.2 Å². The third-order valence-corrected chi connectivity index (χ3v) is 2.65. The second-order valence-electron chi connectivity index (χ2n) is 4.20. The fraction of sp³-hybridized carbons (Fsp3) is 0.385. The van der Waals surface area contributed by atoms with Crippen molar-refractivity contribution >= 4 is 11.8 Å². The molecule has 1 aliphatic heterocycles. The van der Waals surface area contributed by atoms with E-state index in [1.807, 2.05) is 18.2 Å². The van der Waals surface area contributed by atoms with Crippen molar-refractivity contribution in [2.24, 2.45) is 0 Å². The van der Waals surface area contributed by atoms with E-state index in [2.05, 4.69) is 10.6 Å². The van der Waals surface area contributed by atoms with Crippen LogP contribution in [0.2, 0.25) is 0 Å². The first kappa shape index (κ1) is 13.2. The molecule has 1 heterocycles. The highest BCUT2D eigenvalue weighted by atomic mass is 16.7. The van der Waals surface area contributed by atoms with Gasteiger partial charge in [0.2, 0.25) is 18.6 Å². The van der Waals surface area contributed by atoms with E-state index in [4.69, 9.17) is 9.47 Å². The van der Waals surface area contributed by atoms with Crippen molar-refractivity contribution in [3.63, 3.8) is 0 Å². The molecule has 102 valence electrons. The topological polar surface area (TPSA) is 76.7 Å². The number of nitrogens with one attached hydrogen (secondary N) is 2. The van der Waals surface area contributed by atoms with Crippen LogP contribution in [0.1, 0.15) is 18.9 Å². The molecule has 0 fully saturated rings. The Morgan fingerprint density at radius 2 is 2.00 bits per heavy atom. The van der Waals surface area contributed by atoms with E-state index in [1.165, 1.54) is 6.92 Å². The molecule has 19 heavy (non-hydrogen) atoms. The molecule has 0 aromatic heterocycles. The molecule has 2 rings (SSSR count). The summed E-state index contributed by atoms with van der Waals surface area (Å²) in [6.07, 6.45) is 0.268. The maximum Gasteiger partial charge on any atom is 0.231 e. The molecule has 0 bridgehead atoms. The number of rotatable bonds is 5. The molecular formula is C13H16N2O4. The lowest BCUT2D eigenvalue weighted by atomic mass is 10.2. The van der Waals surface area contributed by atoms with Crippen LogP contribution in [0.4, 0.5) is 0 Å². The van der Waals surface area contributed by atoms with Gasteiger partial charge in [-0.1, -0.05) is 6.07 Å². The zero-order chi connectivity index (χ0) is 13.7. The normalized spacial score (nSPS) is 12.1. The quantitative estimate of drug-likeness (QED) is 0.814. The van der Waals surface area contributed by atoms with Crippen molar-refractivity contribution in [3.8, 4) is 11.5 Å². The van der Waals surface area contributed by atoms with Gasteiger partial charge in [-0.25, -0.2) is 0 Å². The Balaban J connectivity index is 1.76. The van der Waals surface area contributed by atoms with E-state index in [0.29, 0.717) is 18.8 Å². The first-order valence-corrected chi connectivity index (χ1v) is 6.05. The molecule has 0 saturated heterocycles. The van der Waals surface area contributed by atoms with Crippen molar-refractivity contribution in [2.45, 2.75) is 19.9 Å². The van der Waals surface area contributed by atoms with E-state index >= 15 is 0 Å². The minimum absolute atomic E-state index is 0.105. The fourth-order valence-electron chi connectivity index (χ4n) is 1.69. The van der Waals surface area contributed by atoms with Gasteiger partial charge in [-0.3, -0.25) is 9.59 Å². The zero-order valence-electron chi connectivity index (χ0n) is 10.7. The van der Waals surface area contributed by atoms with Crippen LogP contribution in [0.3, 0.4) is 0 Å². The summed E-state index contributed by atoms with van der Waals surface area (Å²) >= 11 is 0. The Morgan fingerprint density at radius 3 is 2.79 bits per heavy atom. The summed E-state index contributed by atoms with van der Waals surface area (Å²) in [5, 5.41) is 5.35. The second kappa shape index (κ2) is 6.08. The maximum atomic E-state index is 11.5. The molecule has 0 radical (unpaired) electrons. The van der Waals surface area contributed by atoms with Crippen molar-refractivity contribution in [1.82, 2.24) is 10.6 Å². The summed E-state index contributed by atoms with van der Waals surface area (Å²) in [4.78, 5) is 22.2. The number of hydrogen-bond donors (Lipinski definition) is 2. The molecule has 1 aromatic rings. The molecule has 0 unspecified atom stereocenters. The second-order valence-corrected chi connectivity index (χ2v) is 4.20. The molecule has 1 aromatic carbocycles. The molecule has 0 spiro atoms. The summed E-state index contributed by atoms with van der Waals surface area (Å²) in [5.74, 6) is 1.18. The van der Waals surface area contributed by atoms with Crippen LogP contribution >= 0.6 is 0 Å². The maximum absolute atomic E-state index is 11.5. The zero-order valence-corrected chi connectivity index (χ0v) is 10.7. The van der Waals surface area contributed by atoms with Crippen molar-refractivity contribution in [1.29, 1.82) is 0 Å². The largest absolute Gasteiger partial charge is 0.454 e. The highest BCUT2D eigenvalue weighted by Gasteiger charge is 2.13. The standard InChI is InChI=1S/C13H16N2O4/c1-9(16)14-5-4-13(17)15-7-10-2-3-11-12(6-10)19-8-18-11/h2-3,6H,4-5,7-8H2,1H3,(H,14,16)(H,15,17). The predicted octanol–water partition coefficient (Wildman–Crippen LogP) is 0.558. The molecule has 2 N–H and O–H groups in total. The molecule has 6 nitrogen and oxygen atoms in total. The molecule has 0 aliphatic carbocycles. The van der Waals surface area contributed by atoms with Crippen LogP contribution in [-0.2, 0) is 16.1 Å². The molecule has 2 amide bonds. The van der Waals surface area contributed by atoms with E-state index in [9.17, 15) is 9.59 Å². The number of carbonyl (C=O) groups is 2. The van der Waals surface area contributed by atoms with E-state index in [-0.39, 0.29) is 25.0 Å². The third-order valence-electron chi connectivity index (χ3n) is 2.65. The Kier molecular flexibility index (Phi) is 4.22. The average Bonchev–Trinajstić information content (AvgIpc) is 2.83. The van der Waals surface area contributed by atoms with Gasteiger partial charge in [0.05, 0.1) is 0 Å². The van der Waals surface area contributed by atoms with Gasteiger partial charge in [0.25, 0.3) is 0 Å². The minimum Gasteiger partial charge on any atom is -0.454 e. The SMILES string of the molecule is CC(=O)NCCC(=O)NCc1ccc2c(c1)OCO2. The smallest absolute Gasteiger partial charge is 0.231 e. The Hall–Kier alpha value is -2.24. The van der Waals surface area contributed by atoms with Crippen LogP contribution < -0.4 is 20.1 Å². The van der Waals surface area contributed by atoms with Crippen molar-refractivity contribution in [3.05, 3.63) is 23.8 Å². The summed E-state index contributed by atoms with van der Waals surface area (Å²) in [6, 6.07) is 5.54. The summed E-state index contributed by atoms with van der Waals surface area (Å²) in [6.45, 7) is 2.43. The lowest BCUT2D eigenvalue weighted by molar-refractivity contribution is -0.121. The Bertz CT molecular complexity index is 488. The first-order chi connectivity index (χ1) is 9.15. The van der Waals surface area contributed by atoms with Crippen molar-refractivity contribution in [2.75, 3.05) is 13.3 Å². The van der Waals surface area contributed by atoms with E-state index in [1.54, 1.807) is 0 Å². The lowest BCUT2D eigenvalue weighted by Crippen LogP contribution is -2.29. The molecule has 6 heteroatoms. The number of fused-ring (bicyclic) bond motifs is 1. The number of benzene rings is 1. The number of amides is 2. The summed E-state index contributed by atoms with van der Waals surface area (Å²) in [7, 11) is 0. The van der Waals surface area contributed by atoms with Gasteiger partial charge in [-0.2, -0.15) is 0 Å². The van der Waals surface area contributed by atoms with Crippen molar-refractivity contribution < 1.29 is 19.1 Å². The lowest BCUT2D eigenvalue weighted by Gasteiger charge is -2.06. The number of carbonyl (C=O) groups excluding carboxylic acids is 2. The van der Waals surface area contributed by atoms with Gasteiger partial charge in [-0.05, 0) is 17.7 Å². The van der Waals surface area contributed by atoms with Crippen LogP contribution in [0.15, 0.2) is 18.2 Å². The van der Waals surface area contributed by atoms with E-state index in [0.717, 1.165) is 11.3 Å². The predicted molar refractivity (Wildman–Crippen MR) is 67.7 cm³/mol. The monoisotopic (exact) mass is 264 g/mol. The van der Waals surface area contributed by atoms with Gasteiger partial charge in [0.15, 0.2) is 11.5 Å². The summed E-state index contributed by atoms with van der Waals surface area (Å²) < 4.78 is 10.5. The highest BCUT2D eigenvalue weighted by Crippen LogP contribution is 2.32.